The standard InChI is InChI=1S/C12H11FN4O3/c13-10-5-8(1-2-11(10)17(19)20)12(18)15-4-3-9-6-14-7-16-9/h1-2,5-7H,3-4H2,(H,14,16)(H,15,18). The summed E-state index contributed by atoms with van der Waals surface area (Å²) in [6.45, 7) is 0.347. The van der Waals surface area contributed by atoms with Crippen LogP contribution in [0.25, 0.3) is 0 Å². The third-order valence-corrected chi connectivity index (χ3v) is 2.64. The van der Waals surface area contributed by atoms with E-state index >= 15 is 0 Å². The monoisotopic (exact) mass is 278 g/mol. The van der Waals surface area contributed by atoms with Crippen molar-refractivity contribution < 1.29 is 14.1 Å². The number of aromatic nitrogens is 2. The van der Waals surface area contributed by atoms with Crippen LogP contribution in [0.4, 0.5) is 10.1 Å². The largest absolute Gasteiger partial charge is 0.352 e. The van der Waals surface area contributed by atoms with Crippen molar-refractivity contribution in [1.29, 1.82) is 0 Å². The number of carbonyl (C=O) groups is 1. The Morgan fingerprint density at radius 1 is 1.50 bits per heavy atom. The summed E-state index contributed by atoms with van der Waals surface area (Å²) in [5.74, 6) is -1.52. The summed E-state index contributed by atoms with van der Waals surface area (Å²) in [4.78, 5) is 28.1. The number of rotatable bonds is 5. The van der Waals surface area contributed by atoms with E-state index in [1.807, 2.05) is 0 Å². The average molecular weight is 278 g/mol. The molecule has 1 aromatic heterocycles. The number of amides is 1. The van der Waals surface area contributed by atoms with E-state index in [4.69, 9.17) is 0 Å². The van der Waals surface area contributed by atoms with E-state index in [9.17, 15) is 19.3 Å². The van der Waals surface area contributed by atoms with Crippen LogP contribution in [0.1, 0.15) is 16.1 Å². The van der Waals surface area contributed by atoms with Gasteiger partial charge in [-0.15, -0.1) is 0 Å². The number of hydrogen-bond acceptors (Lipinski definition) is 4. The van der Waals surface area contributed by atoms with E-state index in [2.05, 4.69) is 15.3 Å². The van der Waals surface area contributed by atoms with Gasteiger partial charge in [0.1, 0.15) is 0 Å². The molecule has 0 radical (unpaired) electrons. The Hall–Kier alpha value is -2.77. The van der Waals surface area contributed by atoms with Crippen LogP contribution in [0, 0.1) is 15.9 Å². The highest BCUT2D eigenvalue weighted by Gasteiger charge is 2.16. The number of nitro groups is 1. The average Bonchev–Trinajstić information content (AvgIpc) is 2.91. The quantitative estimate of drug-likeness (QED) is 0.638. The summed E-state index contributed by atoms with van der Waals surface area (Å²) in [6.07, 6.45) is 3.72. The highest BCUT2D eigenvalue weighted by molar-refractivity contribution is 5.94. The van der Waals surface area contributed by atoms with Crippen LogP contribution in [0.15, 0.2) is 30.7 Å². The third kappa shape index (κ3) is 3.16. The van der Waals surface area contributed by atoms with Crippen LogP contribution < -0.4 is 5.32 Å². The first-order chi connectivity index (χ1) is 9.58. The van der Waals surface area contributed by atoms with Crippen LogP contribution in [0.3, 0.4) is 0 Å². The van der Waals surface area contributed by atoms with Gasteiger partial charge >= 0.3 is 5.69 Å². The molecule has 1 amide bonds. The first kappa shape index (κ1) is 13.7. The normalized spacial score (nSPS) is 10.2. The number of aromatic amines is 1. The van der Waals surface area contributed by atoms with Gasteiger partial charge < -0.3 is 10.3 Å². The molecule has 0 saturated carbocycles. The van der Waals surface area contributed by atoms with E-state index in [1.54, 1.807) is 6.20 Å². The molecular formula is C12H11FN4O3. The Balaban J connectivity index is 1.95. The zero-order valence-corrected chi connectivity index (χ0v) is 10.3. The van der Waals surface area contributed by atoms with Crippen molar-refractivity contribution in [3.05, 3.63) is 57.9 Å². The first-order valence-corrected chi connectivity index (χ1v) is 5.77. The second kappa shape index (κ2) is 5.91. The summed E-state index contributed by atoms with van der Waals surface area (Å²) < 4.78 is 13.4. The second-order valence-electron chi connectivity index (χ2n) is 4.01. The Morgan fingerprint density at radius 2 is 2.30 bits per heavy atom. The minimum absolute atomic E-state index is 0.0395. The number of imidazole rings is 1. The van der Waals surface area contributed by atoms with Gasteiger partial charge in [0.15, 0.2) is 0 Å². The molecule has 1 aromatic carbocycles. The fraction of sp³-hybridized carbons (Fsp3) is 0.167. The predicted octanol–water partition coefficient (Wildman–Crippen LogP) is 1.43. The van der Waals surface area contributed by atoms with Crippen LogP contribution in [0.5, 0.6) is 0 Å². The van der Waals surface area contributed by atoms with E-state index in [1.165, 1.54) is 12.4 Å². The van der Waals surface area contributed by atoms with Crippen molar-refractivity contribution in [1.82, 2.24) is 15.3 Å². The zero-order chi connectivity index (χ0) is 14.5. The molecule has 20 heavy (non-hydrogen) atoms. The second-order valence-corrected chi connectivity index (χ2v) is 4.01. The lowest BCUT2D eigenvalue weighted by atomic mass is 10.2. The molecule has 2 rings (SSSR count). The summed E-state index contributed by atoms with van der Waals surface area (Å²) in [5.41, 5.74) is 0.247. The molecule has 7 nitrogen and oxygen atoms in total. The lowest BCUT2D eigenvalue weighted by Gasteiger charge is -2.04. The summed E-state index contributed by atoms with van der Waals surface area (Å²) >= 11 is 0. The summed E-state index contributed by atoms with van der Waals surface area (Å²) in [7, 11) is 0. The molecule has 0 unspecified atom stereocenters. The number of hydrogen-bond donors (Lipinski definition) is 2. The molecular weight excluding hydrogens is 267 g/mol. The van der Waals surface area contributed by atoms with Crippen LogP contribution in [0.2, 0.25) is 0 Å². The van der Waals surface area contributed by atoms with Crippen molar-refractivity contribution in [2.45, 2.75) is 6.42 Å². The number of H-pyrrole nitrogens is 1. The summed E-state index contributed by atoms with van der Waals surface area (Å²) in [5, 5.41) is 13.1. The van der Waals surface area contributed by atoms with E-state index < -0.39 is 22.3 Å². The molecule has 2 N–H and O–H groups in total. The van der Waals surface area contributed by atoms with Crippen molar-refractivity contribution in [2.75, 3.05) is 6.54 Å². The number of nitrogens with one attached hydrogen (secondary N) is 2. The van der Waals surface area contributed by atoms with E-state index in [0.717, 1.165) is 17.8 Å². The van der Waals surface area contributed by atoms with Gasteiger partial charge in [0, 0.05) is 36.5 Å². The molecule has 0 atom stereocenters. The molecule has 8 heteroatoms. The maximum atomic E-state index is 13.4. The molecule has 0 aliphatic heterocycles. The number of nitro benzene ring substituents is 1. The SMILES string of the molecule is O=C(NCCc1cnc[nH]1)c1ccc([N+](=O)[O-])c(F)c1. The predicted molar refractivity (Wildman–Crippen MR) is 67.7 cm³/mol. The van der Waals surface area contributed by atoms with Gasteiger partial charge in [-0.2, -0.15) is 4.39 Å². The Bertz CT molecular complexity index is 628. The van der Waals surface area contributed by atoms with Gasteiger partial charge in [0.25, 0.3) is 5.91 Å². The molecule has 0 bridgehead atoms. The fourth-order valence-corrected chi connectivity index (χ4v) is 1.63. The molecule has 1 heterocycles. The van der Waals surface area contributed by atoms with Crippen LogP contribution in [-0.2, 0) is 6.42 Å². The topological polar surface area (TPSA) is 101 Å². The number of carbonyl (C=O) groups excluding carboxylic acids is 1. The molecule has 0 saturated heterocycles. The maximum Gasteiger partial charge on any atom is 0.304 e. The molecule has 0 aliphatic carbocycles. The van der Waals surface area contributed by atoms with Gasteiger partial charge in [-0.05, 0) is 12.1 Å². The molecule has 104 valence electrons. The smallest absolute Gasteiger partial charge is 0.304 e. The van der Waals surface area contributed by atoms with Gasteiger partial charge in [-0.3, -0.25) is 14.9 Å². The highest BCUT2D eigenvalue weighted by atomic mass is 19.1. The number of nitrogens with zero attached hydrogens (tertiary/aromatic N) is 2. The highest BCUT2D eigenvalue weighted by Crippen LogP contribution is 2.17. The lowest BCUT2D eigenvalue weighted by Crippen LogP contribution is -2.25. The minimum atomic E-state index is -1.03. The zero-order valence-electron chi connectivity index (χ0n) is 10.3. The van der Waals surface area contributed by atoms with Gasteiger partial charge in [-0.1, -0.05) is 0 Å². The number of halogens is 1. The van der Waals surface area contributed by atoms with Crippen molar-refractivity contribution in [2.24, 2.45) is 0 Å². The van der Waals surface area contributed by atoms with Gasteiger partial charge in [-0.25, -0.2) is 4.98 Å². The Kier molecular flexibility index (Phi) is 4.04. The summed E-state index contributed by atoms with van der Waals surface area (Å²) in [6, 6.07) is 3.04. The minimum Gasteiger partial charge on any atom is -0.352 e. The van der Waals surface area contributed by atoms with E-state index in [-0.39, 0.29) is 5.56 Å². The van der Waals surface area contributed by atoms with Crippen LogP contribution in [-0.4, -0.2) is 27.3 Å². The van der Waals surface area contributed by atoms with Crippen molar-refractivity contribution >= 4 is 11.6 Å². The van der Waals surface area contributed by atoms with Crippen LogP contribution >= 0.6 is 0 Å². The third-order valence-electron chi connectivity index (χ3n) is 2.64. The first-order valence-electron chi connectivity index (χ1n) is 5.77. The lowest BCUT2D eigenvalue weighted by molar-refractivity contribution is -0.387. The van der Waals surface area contributed by atoms with Crippen molar-refractivity contribution in [3.63, 3.8) is 0 Å². The fourth-order valence-electron chi connectivity index (χ4n) is 1.63. The van der Waals surface area contributed by atoms with Gasteiger partial charge in [0.05, 0.1) is 11.3 Å². The van der Waals surface area contributed by atoms with Gasteiger partial charge in [0.2, 0.25) is 5.82 Å². The Morgan fingerprint density at radius 3 is 2.90 bits per heavy atom. The maximum absolute atomic E-state index is 13.4. The Labute approximate surface area is 113 Å². The molecule has 0 spiro atoms. The number of benzene rings is 1. The van der Waals surface area contributed by atoms with E-state index in [0.29, 0.717) is 13.0 Å². The van der Waals surface area contributed by atoms with Crippen molar-refractivity contribution in [3.8, 4) is 0 Å². The molecule has 2 aromatic rings. The molecule has 0 aliphatic rings. The molecule has 0 fully saturated rings.